The van der Waals surface area contributed by atoms with Gasteiger partial charge in [0, 0.05) is 45.9 Å². The molecule has 2 aromatic rings. The van der Waals surface area contributed by atoms with Crippen molar-refractivity contribution < 1.29 is 22.3 Å². The SMILES string of the molecule is Cc1oc(-c2cccs2)nc1CN1CCN(CCCOCC(F)(F)F)CC1. The van der Waals surface area contributed by atoms with Gasteiger partial charge in [0.1, 0.15) is 12.4 Å². The summed E-state index contributed by atoms with van der Waals surface area (Å²) < 4.78 is 46.5. The van der Waals surface area contributed by atoms with E-state index in [1.165, 1.54) is 0 Å². The average Bonchev–Trinajstić information content (AvgIpc) is 3.25. The fourth-order valence-corrected chi connectivity index (χ4v) is 3.69. The molecule has 150 valence electrons. The average molecular weight is 403 g/mol. The van der Waals surface area contributed by atoms with Crippen molar-refractivity contribution in [3.05, 3.63) is 29.0 Å². The first-order valence-electron chi connectivity index (χ1n) is 9.00. The number of aromatic nitrogens is 1. The minimum absolute atomic E-state index is 0.142. The van der Waals surface area contributed by atoms with Gasteiger partial charge in [0.15, 0.2) is 0 Å². The first-order valence-corrected chi connectivity index (χ1v) is 9.88. The fraction of sp³-hybridized carbons (Fsp3) is 0.611. The van der Waals surface area contributed by atoms with Crippen molar-refractivity contribution in [1.29, 1.82) is 0 Å². The summed E-state index contributed by atoms with van der Waals surface area (Å²) >= 11 is 1.61. The Morgan fingerprint density at radius 1 is 1.22 bits per heavy atom. The van der Waals surface area contributed by atoms with Crippen molar-refractivity contribution in [2.24, 2.45) is 0 Å². The molecular formula is C18H24F3N3O2S. The maximum absolute atomic E-state index is 12.0. The number of alkyl halides is 3. The number of thiophene rings is 1. The van der Waals surface area contributed by atoms with Gasteiger partial charge in [-0.25, -0.2) is 4.98 Å². The van der Waals surface area contributed by atoms with Gasteiger partial charge in [-0.1, -0.05) is 6.07 Å². The Balaban J connectivity index is 1.37. The predicted octanol–water partition coefficient (Wildman–Crippen LogP) is 3.80. The van der Waals surface area contributed by atoms with Crippen LogP contribution in [0, 0.1) is 6.92 Å². The van der Waals surface area contributed by atoms with E-state index >= 15 is 0 Å². The monoisotopic (exact) mass is 403 g/mol. The third kappa shape index (κ3) is 6.31. The summed E-state index contributed by atoms with van der Waals surface area (Å²) in [5.74, 6) is 1.53. The van der Waals surface area contributed by atoms with E-state index in [0.717, 1.165) is 55.6 Å². The summed E-state index contributed by atoms with van der Waals surface area (Å²) in [6.45, 7) is 6.04. The fourth-order valence-electron chi connectivity index (χ4n) is 3.04. The summed E-state index contributed by atoms with van der Waals surface area (Å²) in [6.07, 6.45) is -3.63. The van der Waals surface area contributed by atoms with Crippen LogP contribution in [0.1, 0.15) is 17.9 Å². The van der Waals surface area contributed by atoms with Crippen LogP contribution in [0.15, 0.2) is 21.9 Å². The molecule has 5 nitrogen and oxygen atoms in total. The highest BCUT2D eigenvalue weighted by atomic mass is 32.1. The molecule has 0 amide bonds. The lowest BCUT2D eigenvalue weighted by Crippen LogP contribution is -2.46. The zero-order chi connectivity index (χ0) is 19.3. The number of hydrogen-bond acceptors (Lipinski definition) is 6. The molecule has 9 heteroatoms. The summed E-state index contributed by atoms with van der Waals surface area (Å²) in [4.78, 5) is 10.3. The number of piperazine rings is 1. The van der Waals surface area contributed by atoms with E-state index in [2.05, 4.69) is 19.5 Å². The third-order valence-corrected chi connectivity index (χ3v) is 5.35. The molecule has 0 bridgehead atoms. The second-order valence-corrected chi connectivity index (χ2v) is 7.59. The van der Waals surface area contributed by atoms with Gasteiger partial charge in [-0.05, 0) is 24.8 Å². The zero-order valence-electron chi connectivity index (χ0n) is 15.3. The van der Waals surface area contributed by atoms with Gasteiger partial charge in [-0.15, -0.1) is 11.3 Å². The molecule has 1 aliphatic heterocycles. The highest BCUT2D eigenvalue weighted by Crippen LogP contribution is 2.26. The molecule has 0 saturated carbocycles. The maximum Gasteiger partial charge on any atom is 0.411 e. The zero-order valence-corrected chi connectivity index (χ0v) is 16.1. The minimum Gasteiger partial charge on any atom is -0.440 e. The lowest BCUT2D eigenvalue weighted by Gasteiger charge is -2.34. The molecule has 1 saturated heterocycles. The van der Waals surface area contributed by atoms with Gasteiger partial charge in [-0.3, -0.25) is 4.90 Å². The van der Waals surface area contributed by atoms with Crippen molar-refractivity contribution in [3.8, 4) is 10.8 Å². The van der Waals surface area contributed by atoms with Gasteiger partial charge in [-0.2, -0.15) is 13.2 Å². The molecular weight excluding hydrogens is 379 g/mol. The number of halogens is 3. The Labute approximate surface area is 160 Å². The van der Waals surface area contributed by atoms with E-state index in [0.29, 0.717) is 12.3 Å². The molecule has 3 rings (SSSR count). The van der Waals surface area contributed by atoms with Crippen LogP contribution in [-0.4, -0.2) is 66.9 Å². The van der Waals surface area contributed by atoms with Crippen LogP contribution in [0.2, 0.25) is 0 Å². The van der Waals surface area contributed by atoms with Gasteiger partial charge in [0.05, 0.1) is 10.6 Å². The topological polar surface area (TPSA) is 41.7 Å². The maximum atomic E-state index is 12.0. The molecule has 1 fully saturated rings. The van der Waals surface area contributed by atoms with Gasteiger partial charge in [0.25, 0.3) is 0 Å². The second-order valence-electron chi connectivity index (χ2n) is 6.64. The number of aryl methyl sites for hydroxylation is 1. The van der Waals surface area contributed by atoms with E-state index < -0.39 is 12.8 Å². The van der Waals surface area contributed by atoms with Crippen LogP contribution in [0.25, 0.3) is 10.8 Å². The first kappa shape index (κ1) is 20.3. The Morgan fingerprint density at radius 2 is 1.96 bits per heavy atom. The predicted molar refractivity (Wildman–Crippen MR) is 97.8 cm³/mol. The van der Waals surface area contributed by atoms with Crippen LogP contribution in [-0.2, 0) is 11.3 Å². The molecule has 0 aromatic carbocycles. The first-order chi connectivity index (χ1) is 12.9. The molecule has 1 aliphatic rings. The molecule has 0 spiro atoms. The summed E-state index contributed by atoms with van der Waals surface area (Å²) in [5.41, 5.74) is 0.965. The largest absolute Gasteiger partial charge is 0.440 e. The van der Waals surface area contributed by atoms with Crippen molar-refractivity contribution in [2.75, 3.05) is 45.9 Å². The number of oxazole rings is 1. The Hall–Kier alpha value is -1.42. The smallest absolute Gasteiger partial charge is 0.411 e. The quantitative estimate of drug-likeness (QED) is 0.627. The standard InChI is InChI=1S/C18H24F3N3O2S/c1-14-15(22-17(26-14)16-4-2-11-27-16)12-24-8-6-23(7-9-24)5-3-10-25-13-18(19,20)21/h2,4,11H,3,5-10,12-13H2,1H3. The Kier molecular flexibility index (Phi) is 6.91. The number of nitrogens with zero attached hydrogens (tertiary/aromatic N) is 3. The Bertz CT molecular complexity index is 695. The van der Waals surface area contributed by atoms with Crippen LogP contribution >= 0.6 is 11.3 Å². The molecule has 0 atom stereocenters. The van der Waals surface area contributed by atoms with Gasteiger partial charge < -0.3 is 14.1 Å². The highest BCUT2D eigenvalue weighted by Gasteiger charge is 2.27. The van der Waals surface area contributed by atoms with Crippen molar-refractivity contribution in [1.82, 2.24) is 14.8 Å². The van der Waals surface area contributed by atoms with E-state index in [-0.39, 0.29) is 6.61 Å². The van der Waals surface area contributed by atoms with Crippen molar-refractivity contribution >= 4 is 11.3 Å². The van der Waals surface area contributed by atoms with Crippen LogP contribution in [0.3, 0.4) is 0 Å². The number of hydrogen-bond donors (Lipinski definition) is 0. The molecule has 0 N–H and O–H groups in total. The van der Waals surface area contributed by atoms with Crippen LogP contribution in [0.4, 0.5) is 13.2 Å². The van der Waals surface area contributed by atoms with Gasteiger partial charge in [0.2, 0.25) is 5.89 Å². The Morgan fingerprint density at radius 3 is 2.63 bits per heavy atom. The van der Waals surface area contributed by atoms with E-state index in [9.17, 15) is 13.2 Å². The minimum atomic E-state index is -4.24. The molecule has 3 heterocycles. The molecule has 0 radical (unpaired) electrons. The summed E-state index contributed by atoms with van der Waals surface area (Å²) in [6, 6.07) is 3.98. The van der Waals surface area contributed by atoms with Crippen LogP contribution < -0.4 is 0 Å². The van der Waals surface area contributed by atoms with Crippen molar-refractivity contribution in [3.63, 3.8) is 0 Å². The van der Waals surface area contributed by atoms with Gasteiger partial charge >= 0.3 is 6.18 Å². The molecule has 27 heavy (non-hydrogen) atoms. The van der Waals surface area contributed by atoms with E-state index in [1.807, 2.05) is 24.4 Å². The summed E-state index contributed by atoms with van der Waals surface area (Å²) in [5, 5.41) is 2.00. The molecule has 0 unspecified atom stereocenters. The normalized spacial score (nSPS) is 16.9. The lowest BCUT2D eigenvalue weighted by atomic mass is 10.2. The van der Waals surface area contributed by atoms with Crippen LogP contribution in [0.5, 0.6) is 0 Å². The lowest BCUT2D eigenvalue weighted by molar-refractivity contribution is -0.174. The summed E-state index contributed by atoms with van der Waals surface area (Å²) in [7, 11) is 0. The second kappa shape index (κ2) is 9.18. The van der Waals surface area contributed by atoms with E-state index in [1.54, 1.807) is 11.3 Å². The number of rotatable bonds is 8. The molecule has 2 aromatic heterocycles. The number of ether oxygens (including phenoxy) is 1. The highest BCUT2D eigenvalue weighted by molar-refractivity contribution is 7.13. The van der Waals surface area contributed by atoms with Crippen molar-refractivity contribution in [2.45, 2.75) is 26.1 Å². The molecule has 0 aliphatic carbocycles. The van der Waals surface area contributed by atoms with E-state index in [4.69, 9.17) is 4.42 Å². The third-order valence-electron chi connectivity index (χ3n) is 4.49.